The topological polar surface area (TPSA) is 45.9 Å². The average Bonchev–Trinajstić information content (AvgIpc) is 2.63. The van der Waals surface area contributed by atoms with E-state index in [1.54, 1.807) is 7.11 Å². The van der Waals surface area contributed by atoms with E-state index in [9.17, 15) is 5.26 Å². The first-order valence-electron chi connectivity index (χ1n) is 7.77. The zero-order chi connectivity index (χ0) is 17.1. The standard InChI is InChI=1S/C21H18N2O/c1-14-9-11-16(12-10-14)19-15(2)20(17-7-5-4-6-8-17)23-21(24-3)18(19)13-22/h4-12H,1-3H3. The van der Waals surface area contributed by atoms with E-state index in [0.29, 0.717) is 11.4 Å². The Bertz CT molecular complexity index is 907. The Balaban J connectivity index is 2.34. The van der Waals surface area contributed by atoms with E-state index in [1.807, 2.05) is 68.4 Å². The summed E-state index contributed by atoms with van der Waals surface area (Å²) in [7, 11) is 1.55. The van der Waals surface area contributed by atoms with Gasteiger partial charge in [0, 0.05) is 11.1 Å². The largest absolute Gasteiger partial charge is 0.480 e. The van der Waals surface area contributed by atoms with Gasteiger partial charge in [0.15, 0.2) is 0 Å². The molecule has 0 bridgehead atoms. The minimum atomic E-state index is 0.359. The Morgan fingerprint density at radius 2 is 1.58 bits per heavy atom. The lowest BCUT2D eigenvalue weighted by atomic mass is 9.92. The van der Waals surface area contributed by atoms with Crippen LogP contribution >= 0.6 is 0 Å². The Morgan fingerprint density at radius 3 is 2.17 bits per heavy atom. The molecule has 1 aromatic heterocycles. The SMILES string of the molecule is COc1nc(-c2ccccc2)c(C)c(-c2ccc(C)cc2)c1C#N. The van der Waals surface area contributed by atoms with Crippen molar-refractivity contribution >= 4 is 0 Å². The molecule has 118 valence electrons. The molecule has 1 heterocycles. The molecule has 24 heavy (non-hydrogen) atoms. The van der Waals surface area contributed by atoms with Gasteiger partial charge in [-0.05, 0) is 25.0 Å². The van der Waals surface area contributed by atoms with E-state index in [2.05, 4.69) is 11.1 Å². The number of methoxy groups -OCH3 is 1. The molecule has 2 aromatic carbocycles. The van der Waals surface area contributed by atoms with Gasteiger partial charge in [0.1, 0.15) is 11.6 Å². The van der Waals surface area contributed by atoms with Gasteiger partial charge in [0.25, 0.3) is 0 Å². The summed E-state index contributed by atoms with van der Waals surface area (Å²) in [6, 6.07) is 20.4. The average molecular weight is 314 g/mol. The van der Waals surface area contributed by atoms with Crippen molar-refractivity contribution in [3.8, 4) is 34.3 Å². The van der Waals surface area contributed by atoms with Crippen LogP contribution in [0.4, 0.5) is 0 Å². The highest BCUT2D eigenvalue weighted by Gasteiger charge is 2.20. The van der Waals surface area contributed by atoms with Gasteiger partial charge in [-0.1, -0.05) is 60.2 Å². The normalized spacial score (nSPS) is 10.2. The fraction of sp³-hybridized carbons (Fsp3) is 0.143. The highest BCUT2D eigenvalue weighted by Crippen LogP contribution is 2.37. The fourth-order valence-electron chi connectivity index (χ4n) is 2.86. The van der Waals surface area contributed by atoms with Gasteiger partial charge in [-0.2, -0.15) is 5.26 Å². The summed E-state index contributed by atoms with van der Waals surface area (Å²) < 4.78 is 5.41. The van der Waals surface area contributed by atoms with E-state index < -0.39 is 0 Å². The van der Waals surface area contributed by atoms with E-state index in [1.165, 1.54) is 5.56 Å². The van der Waals surface area contributed by atoms with Crippen LogP contribution in [0.5, 0.6) is 5.88 Å². The van der Waals surface area contributed by atoms with Gasteiger partial charge in [0.05, 0.1) is 12.8 Å². The predicted octanol–water partition coefficient (Wildman–Crippen LogP) is 4.91. The van der Waals surface area contributed by atoms with Crippen LogP contribution in [0, 0.1) is 25.2 Å². The van der Waals surface area contributed by atoms with Crippen molar-refractivity contribution in [2.24, 2.45) is 0 Å². The summed E-state index contributed by atoms with van der Waals surface area (Å²) in [5.74, 6) is 0.359. The highest BCUT2D eigenvalue weighted by molar-refractivity contribution is 5.82. The van der Waals surface area contributed by atoms with Gasteiger partial charge in [-0.25, -0.2) is 4.98 Å². The third-order valence-electron chi connectivity index (χ3n) is 4.10. The molecule has 3 aromatic rings. The molecule has 3 rings (SSSR count). The van der Waals surface area contributed by atoms with Crippen LogP contribution in [0.3, 0.4) is 0 Å². The molecule has 3 heteroatoms. The molecule has 0 aliphatic carbocycles. The van der Waals surface area contributed by atoms with Gasteiger partial charge >= 0.3 is 0 Å². The summed E-state index contributed by atoms with van der Waals surface area (Å²) in [6.07, 6.45) is 0. The molecule has 0 N–H and O–H groups in total. The second kappa shape index (κ2) is 6.55. The smallest absolute Gasteiger partial charge is 0.232 e. The van der Waals surface area contributed by atoms with E-state index in [0.717, 1.165) is 27.9 Å². The molecule has 0 aliphatic rings. The maximum Gasteiger partial charge on any atom is 0.232 e. The number of nitrogens with zero attached hydrogens (tertiary/aromatic N) is 2. The van der Waals surface area contributed by atoms with Gasteiger partial charge in [0.2, 0.25) is 5.88 Å². The van der Waals surface area contributed by atoms with Crippen molar-refractivity contribution in [1.29, 1.82) is 5.26 Å². The minimum Gasteiger partial charge on any atom is -0.480 e. The summed E-state index contributed by atoms with van der Waals surface area (Å²) in [5.41, 5.74) is 6.34. The predicted molar refractivity (Wildman–Crippen MR) is 95.9 cm³/mol. The molecule has 0 saturated heterocycles. The molecule has 3 nitrogen and oxygen atoms in total. The number of benzene rings is 2. The van der Waals surface area contributed by atoms with Gasteiger partial charge in [-0.3, -0.25) is 0 Å². The monoisotopic (exact) mass is 314 g/mol. The first kappa shape index (κ1) is 15.8. The minimum absolute atomic E-state index is 0.359. The molecule has 0 atom stereocenters. The van der Waals surface area contributed by atoms with Crippen molar-refractivity contribution in [2.45, 2.75) is 13.8 Å². The van der Waals surface area contributed by atoms with Crippen LogP contribution < -0.4 is 4.74 Å². The molecular formula is C21H18N2O. The number of nitriles is 1. The molecule has 0 aliphatic heterocycles. The number of hydrogen-bond donors (Lipinski definition) is 0. The number of rotatable bonds is 3. The number of pyridine rings is 1. The van der Waals surface area contributed by atoms with Crippen LogP contribution in [0.2, 0.25) is 0 Å². The lowest BCUT2D eigenvalue weighted by molar-refractivity contribution is 0.397. The van der Waals surface area contributed by atoms with Crippen LogP contribution in [-0.2, 0) is 0 Å². The third kappa shape index (κ3) is 2.75. The van der Waals surface area contributed by atoms with Crippen molar-refractivity contribution in [2.75, 3.05) is 7.11 Å². The molecule has 0 radical (unpaired) electrons. The fourth-order valence-corrected chi connectivity index (χ4v) is 2.86. The molecule has 0 spiro atoms. The highest BCUT2D eigenvalue weighted by atomic mass is 16.5. The molecule has 0 saturated carbocycles. The zero-order valence-electron chi connectivity index (χ0n) is 14.0. The zero-order valence-corrected chi connectivity index (χ0v) is 14.0. The summed E-state index contributed by atoms with van der Waals surface area (Å²) in [5, 5.41) is 9.66. The first-order valence-corrected chi connectivity index (χ1v) is 7.77. The number of hydrogen-bond acceptors (Lipinski definition) is 3. The second-order valence-corrected chi connectivity index (χ2v) is 5.69. The maximum atomic E-state index is 9.66. The van der Waals surface area contributed by atoms with Crippen LogP contribution in [-0.4, -0.2) is 12.1 Å². The van der Waals surface area contributed by atoms with Crippen molar-refractivity contribution in [1.82, 2.24) is 4.98 Å². The van der Waals surface area contributed by atoms with Gasteiger partial charge < -0.3 is 4.74 Å². The van der Waals surface area contributed by atoms with Crippen molar-refractivity contribution in [3.05, 3.63) is 71.3 Å². The number of ether oxygens (including phenoxy) is 1. The number of aromatic nitrogens is 1. The molecular weight excluding hydrogens is 296 g/mol. The maximum absolute atomic E-state index is 9.66. The summed E-state index contributed by atoms with van der Waals surface area (Å²) in [4.78, 5) is 4.59. The van der Waals surface area contributed by atoms with Crippen molar-refractivity contribution < 1.29 is 4.74 Å². The van der Waals surface area contributed by atoms with E-state index >= 15 is 0 Å². The Labute approximate surface area is 142 Å². The van der Waals surface area contributed by atoms with Crippen LogP contribution in [0.1, 0.15) is 16.7 Å². The Kier molecular flexibility index (Phi) is 4.31. The lowest BCUT2D eigenvalue weighted by Crippen LogP contribution is -2.01. The Hall–Kier alpha value is -3.12. The van der Waals surface area contributed by atoms with E-state index in [4.69, 9.17) is 4.74 Å². The second-order valence-electron chi connectivity index (χ2n) is 5.69. The first-order chi connectivity index (χ1) is 11.7. The van der Waals surface area contributed by atoms with Gasteiger partial charge in [-0.15, -0.1) is 0 Å². The summed E-state index contributed by atoms with van der Waals surface area (Å²) >= 11 is 0. The third-order valence-corrected chi connectivity index (χ3v) is 4.10. The summed E-state index contributed by atoms with van der Waals surface area (Å²) in [6.45, 7) is 4.05. The molecule has 0 unspecified atom stereocenters. The molecule has 0 fully saturated rings. The van der Waals surface area contributed by atoms with Crippen molar-refractivity contribution in [3.63, 3.8) is 0 Å². The Morgan fingerprint density at radius 1 is 0.917 bits per heavy atom. The lowest BCUT2D eigenvalue weighted by Gasteiger charge is -2.16. The van der Waals surface area contributed by atoms with Crippen LogP contribution in [0.15, 0.2) is 54.6 Å². The number of aryl methyl sites for hydroxylation is 1. The van der Waals surface area contributed by atoms with E-state index in [-0.39, 0.29) is 0 Å². The quantitative estimate of drug-likeness (QED) is 0.690. The molecule has 0 amide bonds. The van der Waals surface area contributed by atoms with Crippen LogP contribution in [0.25, 0.3) is 22.4 Å².